The lowest BCUT2D eigenvalue weighted by Crippen LogP contribution is -2.43. The monoisotopic (exact) mass is 393 g/mol. The molecule has 0 bridgehead atoms. The number of urea groups is 1. The van der Waals surface area contributed by atoms with E-state index in [1.165, 1.54) is 9.78 Å². The van der Waals surface area contributed by atoms with Crippen molar-refractivity contribution in [3.05, 3.63) is 22.4 Å². The number of aliphatic imine (C=N–C) groups is 1. The molecule has 3 N–H and O–H groups in total. The highest BCUT2D eigenvalue weighted by atomic mass is 32.1. The second-order valence-corrected chi connectivity index (χ2v) is 7.97. The van der Waals surface area contributed by atoms with Crippen molar-refractivity contribution in [3.63, 3.8) is 0 Å². The van der Waals surface area contributed by atoms with Crippen molar-refractivity contribution in [2.24, 2.45) is 4.99 Å². The van der Waals surface area contributed by atoms with Crippen LogP contribution in [0, 0.1) is 0 Å². The lowest BCUT2D eigenvalue weighted by Gasteiger charge is -2.19. The van der Waals surface area contributed by atoms with Gasteiger partial charge in [0.05, 0.1) is 6.54 Å². The van der Waals surface area contributed by atoms with Crippen molar-refractivity contribution in [2.75, 3.05) is 26.2 Å². The number of nitrogens with zero attached hydrogens (tertiary/aromatic N) is 2. The van der Waals surface area contributed by atoms with E-state index in [0.29, 0.717) is 38.4 Å². The summed E-state index contributed by atoms with van der Waals surface area (Å²) in [6.45, 7) is 10.4. The summed E-state index contributed by atoms with van der Waals surface area (Å²) in [4.78, 5) is 31.7. The molecule has 2 unspecified atom stereocenters. The minimum Gasteiger partial charge on any atom is -0.357 e. The zero-order valence-electron chi connectivity index (χ0n) is 16.7. The zero-order chi connectivity index (χ0) is 19.9. The molecule has 2 heterocycles. The summed E-state index contributed by atoms with van der Waals surface area (Å²) in [5, 5.41) is 11.4. The molecule has 0 aromatic carbocycles. The van der Waals surface area contributed by atoms with Gasteiger partial charge >= 0.3 is 6.03 Å². The fraction of sp³-hybridized carbons (Fsp3) is 0.632. The van der Waals surface area contributed by atoms with Crippen molar-refractivity contribution in [2.45, 2.75) is 52.0 Å². The van der Waals surface area contributed by atoms with E-state index in [9.17, 15) is 9.59 Å². The van der Waals surface area contributed by atoms with Crippen molar-refractivity contribution >= 4 is 29.2 Å². The molecule has 2 atom stereocenters. The van der Waals surface area contributed by atoms with Crippen LogP contribution in [0.2, 0.25) is 0 Å². The van der Waals surface area contributed by atoms with Gasteiger partial charge in [0.1, 0.15) is 5.54 Å². The SMILES string of the molecule is CCNC(=NCC(C)c1cccs1)NCCCN1C(=O)NC(C)(CC)C1=O. The van der Waals surface area contributed by atoms with Gasteiger partial charge in [0.15, 0.2) is 5.96 Å². The first-order chi connectivity index (χ1) is 12.9. The molecule has 8 heteroatoms. The van der Waals surface area contributed by atoms with E-state index >= 15 is 0 Å². The van der Waals surface area contributed by atoms with Crippen LogP contribution in [-0.4, -0.2) is 54.5 Å². The van der Waals surface area contributed by atoms with Crippen LogP contribution in [-0.2, 0) is 4.79 Å². The molecule has 1 aliphatic heterocycles. The normalized spacial score (nSPS) is 21.3. The summed E-state index contributed by atoms with van der Waals surface area (Å²) in [7, 11) is 0. The van der Waals surface area contributed by atoms with Crippen molar-refractivity contribution < 1.29 is 9.59 Å². The van der Waals surface area contributed by atoms with E-state index in [4.69, 9.17) is 0 Å². The number of nitrogens with one attached hydrogen (secondary N) is 3. The topological polar surface area (TPSA) is 85.8 Å². The molecule has 0 saturated carbocycles. The standard InChI is InChI=1S/C19H31N5O2S/c1-5-19(4)16(25)24(18(26)23-19)11-8-10-21-17(20-6-2)22-13-14(3)15-9-7-12-27-15/h7,9,12,14H,5-6,8,10-11,13H2,1-4H3,(H,23,26)(H2,20,21,22). The van der Waals surface area contributed by atoms with Gasteiger partial charge < -0.3 is 16.0 Å². The number of imide groups is 1. The quantitative estimate of drug-likeness (QED) is 0.260. The fourth-order valence-corrected chi connectivity index (χ4v) is 3.64. The van der Waals surface area contributed by atoms with E-state index < -0.39 is 5.54 Å². The Hall–Kier alpha value is -2.09. The van der Waals surface area contributed by atoms with Gasteiger partial charge in [-0.25, -0.2) is 4.79 Å². The van der Waals surface area contributed by atoms with Crippen LogP contribution in [0.5, 0.6) is 0 Å². The summed E-state index contributed by atoms with van der Waals surface area (Å²) < 4.78 is 0. The Morgan fingerprint density at radius 1 is 1.37 bits per heavy atom. The minimum absolute atomic E-state index is 0.139. The lowest BCUT2D eigenvalue weighted by atomic mass is 9.99. The van der Waals surface area contributed by atoms with Gasteiger partial charge in [0.25, 0.3) is 5.91 Å². The molecule has 150 valence electrons. The molecule has 1 fully saturated rings. The first-order valence-corrected chi connectivity index (χ1v) is 10.5. The van der Waals surface area contributed by atoms with Crippen LogP contribution in [0.25, 0.3) is 0 Å². The number of rotatable bonds is 9. The van der Waals surface area contributed by atoms with Crippen molar-refractivity contribution in [1.29, 1.82) is 0 Å². The smallest absolute Gasteiger partial charge is 0.325 e. The second kappa shape index (κ2) is 9.73. The van der Waals surface area contributed by atoms with Crippen LogP contribution < -0.4 is 16.0 Å². The Kier molecular flexibility index (Phi) is 7.65. The molecule has 1 aromatic heterocycles. The van der Waals surface area contributed by atoms with Crippen LogP contribution >= 0.6 is 11.3 Å². The average Bonchev–Trinajstić information content (AvgIpc) is 3.25. The Balaban J connectivity index is 1.80. The van der Waals surface area contributed by atoms with Gasteiger partial charge in [-0.3, -0.25) is 14.7 Å². The van der Waals surface area contributed by atoms with E-state index in [-0.39, 0.29) is 11.9 Å². The molecule has 3 amide bonds. The molecule has 27 heavy (non-hydrogen) atoms. The maximum absolute atomic E-state index is 12.4. The van der Waals surface area contributed by atoms with E-state index in [1.54, 1.807) is 18.3 Å². The molecule has 0 aliphatic carbocycles. The summed E-state index contributed by atoms with van der Waals surface area (Å²) in [6, 6.07) is 3.89. The summed E-state index contributed by atoms with van der Waals surface area (Å²) >= 11 is 1.75. The third-order valence-corrected chi connectivity index (χ3v) is 5.90. The lowest BCUT2D eigenvalue weighted by molar-refractivity contribution is -0.130. The number of carbonyl (C=O) groups excluding carboxylic acids is 2. The van der Waals surface area contributed by atoms with E-state index in [1.807, 2.05) is 13.8 Å². The van der Waals surface area contributed by atoms with Gasteiger partial charge in [-0.2, -0.15) is 0 Å². The van der Waals surface area contributed by atoms with Crippen molar-refractivity contribution in [3.8, 4) is 0 Å². The molecule has 1 aromatic rings. The highest BCUT2D eigenvalue weighted by Crippen LogP contribution is 2.21. The Bertz CT molecular complexity index is 661. The molecule has 2 rings (SSSR count). The van der Waals surface area contributed by atoms with Crippen LogP contribution in [0.15, 0.2) is 22.5 Å². The molecule has 1 saturated heterocycles. The molecule has 7 nitrogen and oxygen atoms in total. The molecular weight excluding hydrogens is 362 g/mol. The van der Waals surface area contributed by atoms with Crippen molar-refractivity contribution in [1.82, 2.24) is 20.9 Å². The summed E-state index contributed by atoms with van der Waals surface area (Å²) in [5.41, 5.74) is -0.765. The van der Waals surface area contributed by atoms with E-state index in [0.717, 1.165) is 12.5 Å². The van der Waals surface area contributed by atoms with E-state index in [2.05, 4.69) is 45.4 Å². The van der Waals surface area contributed by atoms with Crippen LogP contribution in [0.1, 0.15) is 51.3 Å². The third kappa shape index (κ3) is 5.45. The maximum Gasteiger partial charge on any atom is 0.325 e. The number of hydrogen-bond acceptors (Lipinski definition) is 4. The highest BCUT2D eigenvalue weighted by Gasteiger charge is 2.45. The molecular formula is C19H31N5O2S. The third-order valence-electron chi connectivity index (χ3n) is 4.80. The predicted molar refractivity (Wildman–Crippen MR) is 110 cm³/mol. The Morgan fingerprint density at radius 2 is 2.15 bits per heavy atom. The molecule has 0 radical (unpaired) electrons. The first kappa shape index (κ1) is 21.2. The highest BCUT2D eigenvalue weighted by molar-refractivity contribution is 7.10. The van der Waals surface area contributed by atoms with Gasteiger partial charge in [0, 0.05) is 30.4 Å². The second-order valence-electron chi connectivity index (χ2n) is 6.99. The number of thiophene rings is 1. The maximum atomic E-state index is 12.4. The van der Waals surface area contributed by atoms with Crippen LogP contribution in [0.4, 0.5) is 4.79 Å². The first-order valence-electron chi connectivity index (χ1n) is 9.61. The largest absolute Gasteiger partial charge is 0.357 e. The number of hydrogen-bond donors (Lipinski definition) is 3. The Morgan fingerprint density at radius 3 is 2.74 bits per heavy atom. The molecule has 1 aliphatic rings. The predicted octanol–water partition coefficient (Wildman–Crippen LogP) is 2.52. The van der Waals surface area contributed by atoms with Gasteiger partial charge in [-0.15, -0.1) is 11.3 Å². The summed E-state index contributed by atoms with van der Waals surface area (Å²) in [6.07, 6.45) is 1.26. The number of amides is 3. The van der Waals surface area contributed by atoms with Gasteiger partial charge in [0.2, 0.25) is 0 Å². The summed E-state index contributed by atoms with van der Waals surface area (Å²) in [5.74, 6) is 0.995. The Labute approximate surface area is 165 Å². The minimum atomic E-state index is -0.765. The number of guanidine groups is 1. The fourth-order valence-electron chi connectivity index (χ4n) is 2.87. The number of carbonyl (C=O) groups is 2. The van der Waals surface area contributed by atoms with Gasteiger partial charge in [-0.05, 0) is 38.1 Å². The van der Waals surface area contributed by atoms with Crippen LogP contribution in [0.3, 0.4) is 0 Å². The zero-order valence-corrected chi connectivity index (χ0v) is 17.5. The van der Waals surface area contributed by atoms with Gasteiger partial charge in [-0.1, -0.05) is 19.9 Å². The average molecular weight is 394 g/mol. The molecule has 0 spiro atoms.